The highest BCUT2D eigenvalue weighted by Crippen LogP contribution is 2.49. The van der Waals surface area contributed by atoms with Crippen LogP contribution in [0.2, 0.25) is 0 Å². The molecule has 8 aromatic carbocycles. The van der Waals surface area contributed by atoms with Gasteiger partial charge in [0.25, 0.3) is 0 Å². The Morgan fingerprint density at radius 3 is 1.57 bits per heavy atom. The number of benzene rings is 8. The van der Waals surface area contributed by atoms with E-state index in [-0.39, 0.29) is 0 Å². The van der Waals surface area contributed by atoms with Gasteiger partial charge >= 0.3 is 0 Å². The predicted octanol–water partition coefficient (Wildman–Crippen LogP) is 10.5. The molecule has 0 N–H and O–H groups in total. The van der Waals surface area contributed by atoms with Crippen LogP contribution in [0, 0.1) is 0 Å². The second kappa shape index (κ2) is 8.26. The number of hydrogen-bond acceptors (Lipinski definition) is 0. The van der Waals surface area contributed by atoms with Gasteiger partial charge in [0.1, 0.15) is 0 Å². The second-order valence-corrected chi connectivity index (χ2v) is 11.6. The summed E-state index contributed by atoms with van der Waals surface area (Å²) in [7, 11) is 0. The number of hydrogen-bond donors (Lipinski definition) is 0. The molecule has 1 heterocycles. The number of rotatable bonds is 6. The highest BCUT2D eigenvalue weighted by Gasteiger charge is 2.29. The van der Waals surface area contributed by atoms with Gasteiger partial charge in [-0.2, -0.15) is 4.57 Å². The van der Waals surface area contributed by atoms with Crippen LogP contribution in [0.25, 0.3) is 81.4 Å². The van der Waals surface area contributed by atoms with Gasteiger partial charge in [0.15, 0.2) is 0 Å². The lowest BCUT2D eigenvalue weighted by Gasteiger charge is -2.21. The maximum Gasteiger partial charge on any atom is 0.220 e. The first kappa shape index (κ1) is 22.3. The van der Waals surface area contributed by atoms with Crippen molar-refractivity contribution >= 4 is 75.7 Å². The van der Waals surface area contributed by atoms with Gasteiger partial charge in [0, 0.05) is 40.4 Å². The van der Waals surface area contributed by atoms with Crippen molar-refractivity contribution in [3.05, 3.63) is 109 Å². The zero-order chi connectivity index (χ0) is 26.4. The minimum Gasteiger partial charge on any atom is -0.153 e. The van der Waals surface area contributed by atoms with E-state index in [4.69, 9.17) is 0 Å². The van der Waals surface area contributed by atoms with Crippen LogP contribution in [0.5, 0.6) is 0 Å². The van der Waals surface area contributed by atoms with E-state index in [9.17, 15) is 0 Å². The lowest BCUT2D eigenvalue weighted by Crippen LogP contribution is -2.33. The molecule has 0 atom stereocenters. The Hall–Kier alpha value is -4.49. The van der Waals surface area contributed by atoms with Gasteiger partial charge in [-0.3, -0.25) is 0 Å². The van der Waals surface area contributed by atoms with Crippen LogP contribution in [0.1, 0.15) is 38.2 Å². The maximum absolute atomic E-state index is 2.53. The number of aryl methyl sites for hydroxylation is 1. The molecular formula is C39H30N+. The largest absolute Gasteiger partial charge is 0.220 e. The highest BCUT2D eigenvalue weighted by atomic mass is 15.0. The van der Waals surface area contributed by atoms with E-state index in [0.717, 1.165) is 6.42 Å². The van der Waals surface area contributed by atoms with Crippen LogP contribution >= 0.6 is 0 Å². The maximum atomic E-state index is 2.53. The van der Waals surface area contributed by atoms with Gasteiger partial charge in [0.2, 0.25) is 16.7 Å². The van der Waals surface area contributed by atoms with Crippen molar-refractivity contribution in [3.8, 4) is 5.69 Å². The third-order valence-corrected chi connectivity index (χ3v) is 9.44. The van der Waals surface area contributed by atoms with Gasteiger partial charge in [-0.1, -0.05) is 92.9 Å². The van der Waals surface area contributed by atoms with Crippen molar-refractivity contribution in [2.24, 2.45) is 0 Å². The Bertz CT molecular complexity index is 2210. The Kier molecular flexibility index (Phi) is 4.61. The summed E-state index contributed by atoms with van der Waals surface area (Å²) in [5, 5.41) is 16.5. The molecule has 0 saturated carbocycles. The van der Waals surface area contributed by atoms with Crippen LogP contribution in [0.4, 0.5) is 0 Å². The quantitative estimate of drug-likeness (QED) is 0.0903. The van der Waals surface area contributed by atoms with Gasteiger partial charge < -0.3 is 0 Å². The molecule has 1 aromatic heterocycles. The smallest absolute Gasteiger partial charge is 0.153 e. The average molecular weight is 513 g/mol. The summed E-state index contributed by atoms with van der Waals surface area (Å²) in [6, 6.07) is 39.3. The van der Waals surface area contributed by atoms with E-state index in [0.29, 0.717) is 0 Å². The number of aromatic nitrogens is 1. The summed E-state index contributed by atoms with van der Waals surface area (Å²) < 4.78 is 2.53. The van der Waals surface area contributed by atoms with E-state index in [1.165, 1.54) is 113 Å². The fraction of sp³-hybridized carbons (Fsp3) is 0.154. The first-order valence-electron chi connectivity index (χ1n) is 14.9. The lowest BCUT2D eigenvalue weighted by atomic mass is 9.83. The van der Waals surface area contributed by atoms with Crippen LogP contribution < -0.4 is 4.57 Å². The van der Waals surface area contributed by atoms with Gasteiger partial charge in [0.05, 0.1) is 10.8 Å². The summed E-state index contributed by atoms with van der Waals surface area (Å²) >= 11 is 0. The molecule has 0 unspecified atom stereocenters. The van der Waals surface area contributed by atoms with Crippen molar-refractivity contribution in [1.82, 2.24) is 0 Å². The Labute approximate surface area is 233 Å². The Morgan fingerprint density at radius 2 is 1.00 bits per heavy atom. The summed E-state index contributed by atoms with van der Waals surface area (Å²) in [6.07, 6.45) is 6.36. The van der Waals surface area contributed by atoms with Crippen molar-refractivity contribution in [1.29, 1.82) is 0 Å². The van der Waals surface area contributed by atoms with Crippen molar-refractivity contribution in [2.75, 3.05) is 0 Å². The molecule has 0 spiro atoms. The number of nitrogens with zero attached hydrogens (tertiary/aromatic N) is 1. The second-order valence-electron chi connectivity index (χ2n) is 11.6. The molecule has 0 saturated heterocycles. The molecular weight excluding hydrogens is 482 g/mol. The predicted molar refractivity (Wildman–Crippen MR) is 172 cm³/mol. The minimum atomic E-state index is 1.16. The van der Waals surface area contributed by atoms with Crippen LogP contribution in [-0.2, 0) is 6.42 Å². The van der Waals surface area contributed by atoms with E-state index < -0.39 is 0 Å². The van der Waals surface area contributed by atoms with Crippen LogP contribution in [0.15, 0.2) is 103 Å². The molecule has 0 aliphatic rings. The van der Waals surface area contributed by atoms with Crippen molar-refractivity contribution in [2.45, 2.75) is 39.0 Å². The molecule has 0 amide bonds. The summed E-state index contributed by atoms with van der Waals surface area (Å²) in [5.74, 6) is 0. The number of pyridine rings is 1. The molecule has 1 heteroatoms. The lowest BCUT2D eigenvalue weighted by molar-refractivity contribution is -0.537. The summed E-state index contributed by atoms with van der Waals surface area (Å²) in [5.41, 5.74) is 5.25. The molecule has 0 aliphatic heterocycles. The minimum absolute atomic E-state index is 1.16. The van der Waals surface area contributed by atoms with Crippen LogP contribution in [-0.4, -0.2) is 0 Å². The van der Waals surface area contributed by atoms with E-state index >= 15 is 0 Å². The fourth-order valence-corrected chi connectivity index (χ4v) is 7.69. The molecule has 1 nitrogen and oxygen atoms in total. The first-order valence-corrected chi connectivity index (χ1v) is 14.9. The van der Waals surface area contributed by atoms with Gasteiger partial charge in [-0.15, -0.1) is 0 Å². The molecule has 0 bridgehead atoms. The van der Waals surface area contributed by atoms with Crippen molar-refractivity contribution < 1.29 is 4.57 Å². The van der Waals surface area contributed by atoms with Gasteiger partial charge in [-0.05, 0) is 68.2 Å². The molecule has 190 valence electrons. The average Bonchev–Trinajstić information content (AvgIpc) is 3.01. The molecule has 0 aliphatic carbocycles. The van der Waals surface area contributed by atoms with E-state index in [2.05, 4.69) is 115 Å². The highest BCUT2D eigenvalue weighted by molar-refractivity contribution is 6.46. The van der Waals surface area contributed by atoms with Crippen LogP contribution in [0.3, 0.4) is 0 Å². The van der Waals surface area contributed by atoms with E-state index in [1.54, 1.807) is 0 Å². The topological polar surface area (TPSA) is 3.88 Å². The van der Waals surface area contributed by atoms with Gasteiger partial charge in [-0.25, -0.2) is 0 Å². The third-order valence-electron chi connectivity index (χ3n) is 9.44. The normalized spacial score (nSPS) is 12.6. The summed E-state index contributed by atoms with van der Waals surface area (Å²) in [6.45, 7) is 2.28. The van der Waals surface area contributed by atoms with E-state index in [1.807, 2.05) is 0 Å². The zero-order valence-corrected chi connectivity index (χ0v) is 22.8. The zero-order valence-electron chi connectivity index (χ0n) is 22.8. The molecule has 0 radical (unpaired) electrons. The van der Waals surface area contributed by atoms with Crippen molar-refractivity contribution in [3.63, 3.8) is 0 Å². The SMILES string of the molecule is CCCCCCc1ccc(-[n+]2c3ccc4cccc5c6cccc7c8cccc9ccc2c(c98)c(c67)c3c45)cc1. The Morgan fingerprint density at radius 1 is 0.450 bits per heavy atom. The first-order chi connectivity index (χ1) is 19.8. The molecule has 9 rings (SSSR count). The number of fused-ring (bicyclic) bond motifs is 2. The molecule has 0 fully saturated rings. The summed E-state index contributed by atoms with van der Waals surface area (Å²) in [4.78, 5) is 0. The molecule has 9 aromatic rings. The Balaban J connectivity index is 1.46. The standard InChI is InChI=1S/C39H30N/c1-2-3-4-5-9-24-16-20-27(21-17-24)40-32-22-18-25-10-6-12-28-30-14-8-15-31-29-13-7-11-26-19-23-33(40)38(35(26)29)39(36(30)31)37(32)34(25)28/h6-8,10-23H,2-5,9H2,1H3/q+1. The molecule has 40 heavy (non-hydrogen) atoms. The third kappa shape index (κ3) is 2.85. The monoisotopic (exact) mass is 512 g/mol. The number of unbranched alkanes of at least 4 members (excludes halogenated alkanes) is 3. The fourth-order valence-electron chi connectivity index (χ4n) is 7.69.